The molecule has 0 aliphatic heterocycles. The Morgan fingerprint density at radius 1 is 0.921 bits per heavy atom. The second-order valence-electron chi connectivity index (χ2n) is 9.28. The van der Waals surface area contributed by atoms with Crippen molar-refractivity contribution in [2.75, 3.05) is 13.6 Å². The van der Waals surface area contributed by atoms with Crippen LogP contribution in [0.25, 0.3) is 10.8 Å². The first-order chi connectivity index (χ1) is 18.0. The van der Waals surface area contributed by atoms with Crippen LogP contribution in [0.2, 0.25) is 10.0 Å². The summed E-state index contributed by atoms with van der Waals surface area (Å²) in [7, 11) is -2.61. The molecule has 0 heterocycles. The van der Waals surface area contributed by atoms with Crippen molar-refractivity contribution in [2.24, 2.45) is 0 Å². The van der Waals surface area contributed by atoms with Crippen molar-refractivity contribution in [1.82, 2.24) is 14.5 Å². The lowest BCUT2D eigenvalue weighted by molar-refractivity contribution is -0.141. The summed E-state index contributed by atoms with van der Waals surface area (Å²) < 4.78 is 27.8. The molecule has 2 atom stereocenters. The fourth-order valence-corrected chi connectivity index (χ4v) is 5.55. The Labute approximate surface area is 234 Å². The van der Waals surface area contributed by atoms with Crippen LogP contribution in [0.4, 0.5) is 0 Å². The molecule has 3 aromatic carbocycles. The van der Waals surface area contributed by atoms with Gasteiger partial charge in [0.1, 0.15) is 6.04 Å². The number of rotatable bonds is 11. The standard InChI is InChI=1S/C28H33Cl2N3O4S/c1-5-19(3)31-28(35)26(6-2)33(17-20-11-14-24(29)25(30)15-20)27(34)18-32(4)38(36,37)23-13-12-21-9-7-8-10-22(21)16-23/h7-16,19,26H,5-6,17-18H2,1-4H3,(H,31,35)/t19-,26-/m1/s1. The molecule has 0 radical (unpaired) electrons. The molecule has 1 N–H and O–H groups in total. The number of hydrogen-bond donors (Lipinski definition) is 1. The van der Waals surface area contributed by atoms with Crippen LogP contribution < -0.4 is 5.32 Å². The number of carbonyl (C=O) groups is 2. The molecule has 2 amide bonds. The minimum Gasteiger partial charge on any atom is -0.352 e. The molecule has 0 spiro atoms. The summed E-state index contributed by atoms with van der Waals surface area (Å²) in [5.41, 5.74) is 0.669. The number of hydrogen-bond acceptors (Lipinski definition) is 4. The van der Waals surface area contributed by atoms with Crippen molar-refractivity contribution in [3.63, 3.8) is 0 Å². The highest BCUT2D eigenvalue weighted by molar-refractivity contribution is 7.89. The Morgan fingerprint density at radius 3 is 2.24 bits per heavy atom. The monoisotopic (exact) mass is 577 g/mol. The van der Waals surface area contributed by atoms with Gasteiger partial charge in [-0.25, -0.2) is 8.42 Å². The van der Waals surface area contributed by atoms with Crippen LogP contribution in [0.1, 0.15) is 39.2 Å². The average molecular weight is 579 g/mol. The number of nitrogens with one attached hydrogen (secondary N) is 1. The van der Waals surface area contributed by atoms with Gasteiger partial charge in [0.15, 0.2) is 0 Å². The van der Waals surface area contributed by atoms with Gasteiger partial charge in [0.05, 0.1) is 21.5 Å². The summed E-state index contributed by atoms with van der Waals surface area (Å²) in [6, 6.07) is 16.4. The van der Waals surface area contributed by atoms with Crippen molar-refractivity contribution in [3.05, 3.63) is 76.3 Å². The molecule has 204 valence electrons. The molecular formula is C28H33Cl2N3O4S. The SMILES string of the molecule is CC[C@@H](C)NC(=O)[C@@H](CC)N(Cc1ccc(Cl)c(Cl)c1)C(=O)CN(C)S(=O)(=O)c1ccc2ccccc2c1. The van der Waals surface area contributed by atoms with Crippen LogP contribution >= 0.6 is 23.2 Å². The number of amides is 2. The number of carbonyl (C=O) groups excluding carboxylic acids is 2. The topological polar surface area (TPSA) is 86.8 Å². The van der Waals surface area contributed by atoms with Crippen LogP contribution in [0.5, 0.6) is 0 Å². The molecule has 7 nitrogen and oxygen atoms in total. The molecule has 0 bridgehead atoms. The van der Waals surface area contributed by atoms with Crippen molar-refractivity contribution < 1.29 is 18.0 Å². The minimum absolute atomic E-state index is 0.0615. The number of nitrogens with zero attached hydrogens (tertiary/aromatic N) is 2. The molecule has 38 heavy (non-hydrogen) atoms. The third-order valence-electron chi connectivity index (χ3n) is 6.51. The molecule has 10 heteroatoms. The van der Waals surface area contributed by atoms with Crippen molar-refractivity contribution >= 4 is 55.8 Å². The Kier molecular flexibility index (Phi) is 10.2. The molecular weight excluding hydrogens is 545 g/mol. The average Bonchev–Trinajstić information content (AvgIpc) is 2.89. The maximum Gasteiger partial charge on any atom is 0.243 e. The van der Waals surface area contributed by atoms with Gasteiger partial charge in [-0.1, -0.05) is 73.4 Å². The van der Waals surface area contributed by atoms with Crippen LogP contribution in [0, 0.1) is 0 Å². The number of benzene rings is 3. The predicted molar refractivity (Wildman–Crippen MR) is 153 cm³/mol. The Morgan fingerprint density at radius 2 is 1.61 bits per heavy atom. The van der Waals surface area contributed by atoms with Gasteiger partial charge in [-0.2, -0.15) is 4.31 Å². The highest BCUT2D eigenvalue weighted by atomic mass is 35.5. The zero-order valence-corrected chi connectivity index (χ0v) is 24.3. The summed E-state index contributed by atoms with van der Waals surface area (Å²) in [6.45, 7) is 5.28. The van der Waals surface area contributed by atoms with E-state index in [1.54, 1.807) is 30.3 Å². The van der Waals surface area contributed by atoms with E-state index in [0.717, 1.165) is 21.5 Å². The van der Waals surface area contributed by atoms with E-state index in [-0.39, 0.29) is 23.4 Å². The van der Waals surface area contributed by atoms with Crippen LogP contribution in [0.3, 0.4) is 0 Å². The molecule has 0 aromatic heterocycles. The minimum atomic E-state index is -3.97. The van der Waals surface area contributed by atoms with E-state index in [4.69, 9.17) is 23.2 Å². The van der Waals surface area contributed by atoms with Gasteiger partial charge in [-0.05, 0) is 60.4 Å². The highest BCUT2D eigenvalue weighted by Gasteiger charge is 2.32. The van der Waals surface area contributed by atoms with E-state index in [2.05, 4.69) is 5.32 Å². The molecule has 3 rings (SSSR count). The summed E-state index contributed by atoms with van der Waals surface area (Å²) in [4.78, 5) is 28.3. The number of sulfonamides is 1. The van der Waals surface area contributed by atoms with E-state index in [9.17, 15) is 18.0 Å². The van der Waals surface area contributed by atoms with Gasteiger partial charge >= 0.3 is 0 Å². The fourth-order valence-electron chi connectivity index (χ4n) is 4.07. The summed E-state index contributed by atoms with van der Waals surface area (Å²) in [5, 5.41) is 5.32. The van der Waals surface area contributed by atoms with Crippen LogP contribution in [-0.4, -0.2) is 55.1 Å². The van der Waals surface area contributed by atoms with Crippen molar-refractivity contribution in [1.29, 1.82) is 0 Å². The second-order valence-corrected chi connectivity index (χ2v) is 12.1. The summed E-state index contributed by atoms with van der Waals surface area (Å²) >= 11 is 12.2. The fraction of sp³-hybridized carbons (Fsp3) is 0.357. The molecule has 0 fully saturated rings. The van der Waals surface area contributed by atoms with E-state index >= 15 is 0 Å². The van der Waals surface area contributed by atoms with Gasteiger partial charge in [-0.3, -0.25) is 9.59 Å². The Balaban J connectivity index is 1.90. The zero-order chi connectivity index (χ0) is 28.0. The van der Waals surface area contributed by atoms with Crippen LogP contribution in [-0.2, 0) is 26.2 Å². The lowest BCUT2D eigenvalue weighted by Gasteiger charge is -2.32. The quantitative estimate of drug-likeness (QED) is 0.326. The molecule has 0 saturated carbocycles. The smallest absolute Gasteiger partial charge is 0.243 e. The number of fused-ring (bicyclic) bond motifs is 1. The van der Waals surface area contributed by atoms with E-state index in [1.165, 1.54) is 18.0 Å². The van der Waals surface area contributed by atoms with Gasteiger partial charge in [0.25, 0.3) is 0 Å². The van der Waals surface area contributed by atoms with E-state index in [1.807, 2.05) is 45.0 Å². The Bertz CT molecular complexity index is 1410. The third kappa shape index (κ3) is 7.05. The predicted octanol–water partition coefficient (Wildman–Crippen LogP) is 5.49. The first kappa shape index (κ1) is 29.9. The number of halogens is 2. The van der Waals surface area contributed by atoms with Crippen LogP contribution in [0.15, 0.2) is 65.6 Å². The van der Waals surface area contributed by atoms with E-state index < -0.39 is 28.5 Å². The van der Waals surface area contributed by atoms with Crippen molar-refractivity contribution in [2.45, 2.75) is 57.1 Å². The van der Waals surface area contributed by atoms with Gasteiger partial charge < -0.3 is 10.2 Å². The zero-order valence-electron chi connectivity index (χ0n) is 21.9. The lowest BCUT2D eigenvalue weighted by atomic mass is 10.1. The van der Waals surface area contributed by atoms with Gasteiger partial charge in [0.2, 0.25) is 21.8 Å². The summed E-state index contributed by atoms with van der Waals surface area (Å²) in [5.74, 6) is -0.801. The largest absolute Gasteiger partial charge is 0.352 e. The molecule has 0 aliphatic carbocycles. The molecule has 3 aromatic rings. The maximum atomic E-state index is 13.6. The van der Waals surface area contributed by atoms with Gasteiger partial charge in [0, 0.05) is 19.6 Å². The third-order valence-corrected chi connectivity index (χ3v) is 9.05. The Hall–Kier alpha value is -2.65. The van der Waals surface area contributed by atoms with E-state index in [0.29, 0.717) is 22.0 Å². The molecule has 0 aliphatic rings. The normalized spacial score (nSPS) is 13.3. The van der Waals surface area contributed by atoms with Gasteiger partial charge in [-0.15, -0.1) is 0 Å². The van der Waals surface area contributed by atoms with Crippen molar-refractivity contribution in [3.8, 4) is 0 Å². The first-order valence-corrected chi connectivity index (χ1v) is 14.7. The second kappa shape index (κ2) is 12.9. The summed E-state index contributed by atoms with van der Waals surface area (Å²) in [6.07, 6.45) is 1.08. The highest BCUT2D eigenvalue weighted by Crippen LogP contribution is 2.25. The lowest BCUT2D eigenvalue weighted by Crippen LogP contribution is -2.53. The first-order valence-electron chi connectivity index (χ1n) is 12.5. The molecule has 0 saturated heterocycles. The molecule has 0 unspecified atom stereocenters. The number of likely N-dealkylation sites (N-methyl/N-ethyl adjacent to an activating group) is 1. The maximum absolute atomic E-state index is 13.6.